The molecule has 0 radical (unpaired) electrons. The third kappa shape index (κ3) is 2.37. The van der Waals surface area contributed by atoms with Crippen molar-refractivity contribution in [2.75, 3.05) is 20.2 Å². The van der Waals surface area contributed by atoms with E-state index in [4.69, 9.17) is 16.3 Å². The molecule has 1 aromatic carbocycles. The Bertz CT molecular complexity index is 471. The van der Waals surface area contributed by atoms with Gasteiger partial charge in [0.15, 0.2) is 0 Å². The third-order valence-corrected chi connectivity index (χ3v) is 5.53. The molecule has 2 aliphatic rings. The molecule has 1 saturated carbocycles. The molecule has 0 aromatic heterocycles. The van der Waals surface area contributed by atoms with Crippen LogP contribution in [-0.4, -0.2) is 42.4 Å². The van der Waals surface area contributed by atoms with Crippen LogP contribution in [0.1, 0.15) is 24.8 Å². The Morgan fingerprint density at radius 3 is 2.65 bits per heavy atom. The lowest BCUT2D eigenvalue weighted by Gasteiger charge is -2.56. The molecule has 2 atom stereocenters. The smallest absolute Gasteiger partial charge is 0.0678 e. The number of hydrogen-bond donors (Lipinski definition) is 1. The topological polar surface area (TPSA) is 32.7 Å². The average Bonchev–Trinajstić information content (AvgIpc) is 2.47. The molecule has 1 aromatic rings. The van der Waals surface area contributed by atoms with Gasteiger partial charge in [-0.25, -0.2) is 0 Å². The summed E-state index contributed by atoms with van der Waals surface area (Å²) in [5, 5.41) is 11.0. The Balaban J connectivity index is 1.61. The molecular weight excluding hydrogens is 274 g/mol. The van der Waals surface area contributed by atoms with Crippen LogP contribution in [0.4, 0.5) is 0 Å². The number of nitrogens with zero attached hydrogens (tertiary/aromatic N) is 1. The normalized spacial score (nSPS) is 29.4. The molecule has 1 aliphatic heterocycles. The van der Waals surface area contributed by atoms with Gasteiger partial charge >= 0.3 is 0 Å². The molecule has 110 valence electrons. The van der Waals surface area contributed by atoms with Gasteiger partial charge in [-0.05, 0) is 37.6 Å². The lowest BCUT2D eigenvalue weighted by atomic mass is 9.58. The third-order valence-electron chi connectivity index (χ3n) is 5.17. The first-order valence-corrected chi connectivity index (χ1v) is 7.70. The lowest BCUT2D eigenvalue weighted by molar-refractivity contribution is -0.201. The Morgan fingerprint density at radius 2 is 2.05 bits per heavy atom. The van der Waals surface area contributed by atoms with Crippen LogP contribution in [0.2, 0.25) is 5.02 Å². The van der Waals surface area contributed by atoms with E-state index in [1.54, 1.807) is 7.11 Å². The molecule has 3 rings (SSSR count). The number of halogens is 1. The minimum atomic E-state index is -0.185. The van der Waals surface area contributed by atoms with Gasteiger partial charge in [0, 0.05) is 30.5 Å². The first-order chi connectivity index (χ1) is 9.65. The van der Waals surface area contributed by atoms with Gasteiger partial charge in [0.2, 0.25) is 0 Å². The summed E-state index contributed by atoms with van der Waals surface area (Å²) < 4.78 is 5.52. The van der Waals surface area contributed by atoms with Crippen LogP contribution in [0.5, 0.6) is 0 Å². The first kappa shape index (κ1) is 14.3. The summed E-state index contributed by atoms with van der Waals surface area (Å²) in [6.07, 6.45) is 2.87. The zero-order valence-electron chi connectivity index (χ0n) is 11.9. The molecular formula is C16H22ClNO2. The summed E-state index contributed by atoms with van der Waals surface area (Å²) in [4.78, 5) is 2.42. The maximum Gasteiger partial charge on any atom is 0.0678 e. The van der Waals surface area contributed by atoms with Gasteiger partial charge in [-0.2, -0.15) is 0 Å². The van der Waals surface area contributed by atoms with Crippen molar-refractivity contribution >= 4 is 11.6 Å². The fourth-order valence-corrected chi connectivity index (χ4v) is 3.90. The van der Waals surface area contributed by atoms with Gasteiger partial charge in [0.25, 0.3) is 0 Å². The maximum absolute atomic E-state index is 10.1. The molecule has 3 nitrogen and oxygen atoms in total. The largest absolute Gasteiger partial charge is 0.392 e. The van der Waals surface area contributed by atoms with E-state index >= 15 is 0 Å². The van der Waals surface area contributed by atoms with E-state index in [9.17, 15) is 5.11 Å². The molecule has 0 unspecified atom stereocenters. The van der Waals surface area contributed by atoms with E-state index < -0.39 is 0 Å². The first-order valence-electron chi connectivity index (χ1n) is 7.32. The monoisotopic (exact) mass is 295 g/mol. The summed E-state index contributed by atoms with van der Waals surface area (Å²) in [7, 11) is 1.76. The van der Waals surface area contributed by atoms with E-state index in [1.165, 1.54) is 5.56 Å². The lowest BCUT2D eigenvalue weighted by Crippen LogP contribution is -2.61. The summed E-state index contributed by atoms with van der Waals surface area (Å²) >= 11 is 6.22. The Kier molecular flexibility index (Phi) is 4.04. The Labute approximate surface area is 125 Å². The summed E-state index contributed by atoms with van der Waals surface area (Å²) in [5.41, 5.74) is 1.19. The molecule has 2 fully saturated rings. The second kappa shape index (κ2) is 5.64. The fourth-order valence-electron chi connectivity index (χ4n) is 3.71. The summed E-state index contributed by atoms with van der Waals surface area (Å²) in [5.74, 6) is 0. The van der Waals surface area contributed by atoms with E-state index in [-0.39, 0.29) is 17.6 Å². The highest BCUT2D eigenvalue weighted by molar-refractivity contribution is 6.31. The van der Waals surface area contributed by atoms with Crippen LogP contribution >= 0.6 is 11.6 Å². The molecule has 4 heteroatoms. The van der Waals surface area contributed by atoms with Crippen molar-refractivity contribution in [2.24, 2.45) is 5.41 Å². The second-order valence-electron chi connectivity index (χ2n) is 6.08. The van der Waals surface area contributed by atoms with Crippen LogP contribution in [-0.2, 0) is 11.3 Å². The number of likely N-dealkylation sites (tertiary alicyclic amines) is 1. The fraction of sp³-hybridized carbons (Fsp3) is 0.625. The van der Waals surface area contributed by atoms with Crippen molar-refractivity contribution in [1.29, 1.82) is 0 Å². The summed E-state index contributed by atoms with van der Waals surface area (Å²) in [6, 6.07) is 8.02. The molecule has 1 saturated heterocycles. The van der Waals surface area contributed by atoms with Crippen molar-refractivity contribution in [2.45, 2.75) is 38.0 Å². The van der Waals surface area contributed by atoms with Crippen molar-refractivity contribution < 1.29 is 9.84 Å². The van der Waals surface area contributed by atoms with E-state index in [0.717, 1.165) is 43.9 Å². The predicted octanol–water partition coefficient (Wildman–Crippen LogP) is 2.70. The molecule has 0 bridgehead atoms. The van der Waals surface area contributed by atoms with Crippen LogP contribution < -0.4 is 0 Å². The van der Waals surface area contributed by atoms with Crippen LogP contribution in [0, 0.1) is 5.41 Å². The number of hydrogen-bond acceptors (Lipinski definition) is 3. The van der Waals surface area contributed by atoms with Gasteiger partial charge < -0.3 is 9.84 Å². The van der Waals surface area contributed by atoms with Gasteiger partial charge in [-0.15, -0.1) is 0 Å². The predicted molar refractivity (Wildman–Crippen MR) is 79.8 cm³/mol. The molecule has 20 heavy (non-hydrogen) atoms. The molecule has 1 N–H and O–H groups in total. The van der Waals surface area contributed by atoms with E-state index in [2.05, 4.69) is 11.0 Å². The number of piperidine rings is 1. The Hall–Kier alpha value is -0.610. The average molecular weight is 296 g/mol. The van der Waals surface area contributed by atoms with Crippen molar-refractivity contribution in [3.05, 3.63) is 34.9 Å². The van der Waals surface area contributed by atoms with Gasteiger partial charge in [0.05, 0.1) is 12.2 Å². The highest BCUT2D eigenvalue weighted by Gasteiger charge is 2.55. The number of rotatable bonds is 3. The number of aliphatic hydroxyl groups excluding tert-OH is 1. The highest BCUT2D eigenvalue weighted by atomic mass is 35.5. The number of ether oxygens (including phenoxy) is 1. The van der Waals surface area contributed by atoms with Crippen LogP contribution in [0.25, 0.3) is 0 Å². The minimum absolute atomic E-state index is 0.00569. The zero-order chi connectivity index (χ0) is 14.2. The SMILES string of the molecule is CO[C@@H]1C[C@H](O)C12CCN(Cc1ccccc1Cl)CC2. The summed E-state index contributed by atoms with van der Waals surface area (Å²) in [6.45, 7) is 2.90. The highest BCUT2D eigenvalue weighted by Crippen LogP contribution is 2.50. The van der Waals surface area contributed by atoms with Crippen molar-refractivity contribution in [3.8, 4) is 0 Å². The van der Waals surface area contributed by atoms with Crippen LogP contribution in [0.15, 0.2) is 24.3 Å². The standard InChI is InChI=1S/C16H22ClNO2/c1-20-15-10-14(19)16(15)6-8-18(9-7-16)11-12-4-2-3-5-13(12)17/h2-5,14-15,19H,6-11H2,1H3/t14-,15+/m0/s1. The van der Waals surface area contributed by atoms with Gasteiger partial charge in [0.1, 0.15) is 0 Å². The number of benzene rings is 1. The number of methoxy groups -OCH3 is 1. The second-order valence-corrected chi connectivity index (χ2v) is 6.48. The molecule has 1 spiro atoms. The van der Waals surface area contributed by atoms with Gasteiger partial charge in [-0.1, -0.05) is 29.8 Å². The Morgan fingerprint density at radius 1 is 1.35 bits per heavy atom. The van der Waals surface area contributed by atoms with Crippen molar-refractivity contribution in [3.63, 3.8) is 0 Å². The minimum Gasteiger partial charge on any atom is -0.392 e. The van der Waals surface area contributed by atoms with E-state index in [1.807, 2.05) is 18.2 Å². The molecule has 1 aliphatic carbocycles. The maximum atomic E-state index is 10.1. The van der Waals surface area contributed by atoms with Crippen LogP contribution in [0.3, 0.4) is 0 Å². The van der Waals surface area contributed by atoms with Crippen molar-refractivity contribution in [1.82, 2.24) is 4.90 Å². The quantitative estimate of drug-likeness (QED) is 0.931. The van der Waals surface area contributed by atoms with Gasteiger partial charge in [-0.3, -0.25) is 4.90 Å². The number of aliphatic hydroxyl groups is 1. The zero-order valence-corrected chi connectivity index (χ0v) is 12.6. The van der Waals surface area contributed by atoms with E-state index in [0.29, 0.717) is 0 Å². The molecule has 1 heterocycles. The molecule has 0 amide bonds.